The second-order valence-electron chi connectivity index (χ2n) is 3.79. The van der Waals surface area contributed by atoms with Crippen molar-refractivity contribution >= 4 is 29.3 Å². The summed E-state index contributed by atoms with van der Waals surface area (Å²) in [6.45, 7) is 1.97. The normalized spacial score (nSPS) is 12.1. The van der Waals surface area contributed by atoms with Crippen molar-refractivity contribution in [3.63, 3.8) is 0 Å². The van der Waals surface area contributed by atoms with Crippen molar-refractivity contribution in [2.24, 2.45) is 0 Å². The third kappa shape index (κ3) is 2.94. The van der Waals surface area contributed by atoms with E-state index in [0.29, 0.717) is 5.56 Å². The lowest BCUT2D eigenvalue weighted by Crippen LogP contribution is -2.04. The van der Waals surface area contributed by atoms with E-state index in [1.165, 1.54) is 0 Å². The van der Waals surface area contributed by atoms with Gasteiger partial charge in [-0.2, -0.15) is 0 Å². The van der Waals surface area contributed by atoms with Crippen LogP contribution in [0.3, 0.4) is 0 Å². The smallest absolute Gasteiger partial charge is 0.204 e. The third-order valence-corrected chi connectivity index (χ3v) is 4.84. The van der Waals surface area contributed by atoms with Gasteiger partial charge in [-0.05, 0) is 18.3 Å². The Bertz CT molecular complexity index is 525. The summed E-state index contributed by atoms with van der Waals surface area (Å²) < 4.78 is 0. The third-order valence-electron chi connectivity index (χ3n) is 2.43. The zero-order valence-electron chi connectivity index (χ0n) is 9.43. The molecule has 1 atom stereocenters. The highest BCUT2D eigenvalue weighted by Gasteiger charge is 2.19. The van der Waals surface area contributed by atoms with Crippen LogP contribution in [0.25, 0.3) is 0 Å². The molecular formula is C14H12ClOP. The van der Waals surface area contributed by atoms with Gasteiger partial charge in [0.2, 0.25) is 5.52 Å². The maximum atomic E-state index is 12.2. The van der Waals surface area contributed by atoms with Crippen molar-refractivity contribution in [1.29, 1.82) is 0 Å². The van der Waals surface area contributed by atoms with Crippen molar-refractivity contribution in [2.75, 3.05) is 0 Å². The van der Waals surface area contributed by atoms with Crippen LogP contribution in [-0.2, 0) is 0 Å². The molecule has 17 heavy (non-hydrogen) atoms. The highest BCUT2D eigenvalue weighted by Crippen LogP contribution is 2.43. The van der Waals surface area contributed by atoms with E-state index in [1.807, 2.05) is 61.5 Å². The van der Waals surface area contributed by atoms with E-state index in [0.717, 1.165) is 10.9 Å². The Morgan fingerprint density at radius 2 is 1.76 bits per heavy atom. The van der Waals surface area contributed by atoms with Gasteiger partial charge in [0.15, 0.2) is 0 Å². The van der Waals surface area contributed by atoms with Gasteiger partial charge >= 0.3 is 0 Å². The summed E-state index contributed by atoms with van der Waals surface area (Å²) in [7, 11) is -1.29. The van der Waals surface area contributed by atoms with Crippen molar-refractivity contribution in [1.82, 2.24) is 0 Å². The molecule has 1 nitrogen and oxygen atoms in total. The number of hydrogen-bond donors (Lipinski definition) is 0. The Labute approximate surface area is 107 Å². The molecule has 0 saturated carbocycles. The maximum absolute atomic E-state index is 12.2. The fourth-order valence-electron chi connectivity index (χ4n) is 1.57. The van der Waals surface area contributed by atoms with Gasteiger partial charge in [-0.15, -0.1) is 0 Å². The van der Waals surface area contributed by atoms with E-state index in [9.17, 15) is 4.79 Å². The van der Waals surface area contributed by atoms with E-state index in [2.05, 4.69) is 0 Å². The number of halogens is 1. The molecule has 0 saturated heterocycles. The molecule has 2 aromatic rings. The van der Waals surface area contributed by atoms with Crippen LogP contribution in [0.5, 0.6) is 0 Å². The van der Waals surface area contributed by atoms with Gasteiger partial charge < -0.3 is 0 Å². The minimum Gasteiger partial charge on any atom is -0.287 e. The molecule has 1 unspecified atom stereocenters. The number of rotatable bonds is 3. The molecule has 0 spiro atoms. The first-order valence-electron chi connectivity index (χ1n) is 5.30. The van der Waals surface area contributed by atoms with Crippen LogP contribution in [0.15, 0.2) is 54.6 Å². The second-order valence-corrected chi connectivity index (χ2v) is 6.29. The van der Waals surface area contributed by atoms with Gasteiger partial charge in [-0.25, -0.2) is 0 Å². The summed E-state index contributed by atoms with van der Waals surface area (Å²) in [6.07, 6.45) is 0. The van der Waals surface area contributed by atoms with Crippen LogP contribution in [0.4, 0.5) is 0 Å². The molecule has 0 aliphatic heterocycles. The topological polar surface area (TPSA) is 17.1 Å². The predicted octanol–water partition coefficient (Wildman–Crippen LogP) is 4.10. The summed E-state index contributed by atoms with van der Waals surface area (Å²) in [4.78, 5) is 12.2. The Balaban J connectivity index is 2.27. The first kappa shape index (κ1) is 12.3. The fraction of sp³-hybridized carbons (Fsp3) is 0.0714. The number of benzene rings is 2. The first-order chi connectivity index (χ1) is 8.18. The Morgan fingerprint density at radius 1 is 1.06 bits per heavy atom. The standard InChI is InChI=1S/C14H12ClOP/c1-11-6-5-7-12(10-11)14(16)17(15)13-8-3-2-4-9-13/h2-10H,1H3. The van der Waals surface area contributed by atoms with Crippen LogP contribution in [0.2, 0.25) is 0 Å². The van der Waals surface area contributed by atoms with Crippen molar-refractivity contribution in [3.8, 4) is 0 Å². The monoisotopic (exact) mass is 262 g/mol. The summed E-state index contributed by atoms with van der Waals surface area (Å²) >= 11 is 6.26. The van der Waals surface area contributed by atoms with E-state index in [1.54, 1.807) is 0 Å². The van der Waals surface area contributed by atoms with E-state index >= 15 is 0 Å². The molecule has 86 valence electrons. The first-order valence-corrected chi connectivity index (χ1v) is 7.55. The average molecular weight is 263 g/mol. The average Bonchev–Trinajstić information content (AvgIpc) is 2.38. The van der Waals surface area contributed by atoms with E-state index in [4.69, 9.17) is 11.2 Å². The molecule has 0 amide bonds. The summed E-state index contributed by atoms with van der Waals surface area (Å²) in [6, 6.07) is 17.1. The Hall–Kier alpha value is -1.17. The molecular weight excluding hydrogens is 251 g/mol. The van der Waals surface area contributed by atoms with Gasteiger partial charge in [0.25, 0.3) is 0 Å². The van der Waals surface area contributed by atoms with Crippen LogP contribution in [-0.4, -0.2) is 5.52 Å². The molecule has 2 aromatic carbocycles. The van der Waals surface area contributed by atoms with Crippen LogP contribution < -0.4 is 5.30 Å². The zero-order valence-corrected chi connectivity index (χ0v) is 11.1. The van der Waals surface area contributed by atoms with Gasteiger partial charge in [0.05, 0.1) is 7.27 Å². The summed E-state index contributed by atoms with van der Waals surface area (Å²) in [5.41, 5.74) is 1.77. The molecule has 0 aliphatic carbocycles. The van der Waals surface area contributed by atoms with E-state index < -0.39 is 7.27 Å². The maximum Gasteiger partial charge on any atom is 0.204 e. The quantitative estimate of drug-likeness (QED) is 0.761. The predicted molar refractivity (Wildman–Crippen MR) is 74.4 cm³/mol. The molecule has 0 aliphatic rings. The fourth-order valence-corrected chi connectivity index (χ4v) is 3.23. The lowest BCUT2D eigenvalue weighted by atomic mass is 10.2. The van der Waals surface area contributed by atoms with Gasteiger partial charge in [0, 0.05) is 5.56 Å². The highest BCUT2D eigenvalue weighted by atomic mass is 35.7. The largest absolute Gasteiger partial charge is 0.287 e. The summed E-state index contributed by atoms with van der Waals surface area (Å²) in [5, 5.41) is 0.899. The highest BCUT2D eigenvalue weighted by molar-refractivity contribution is 8.02. The van der Waals surface area contributed by atoms with Crippen molar-refractivity contribution < 1.29 is 4.79 Å². The molecule has 0 fully saturated rings. The number of carbonyl (C=O) groups is 1. The molecule has 2 rings (SSSR count). The lowest BCUT2D eigenvalue weighted by Gasteiger charge is -2.08. The second kappa shape index (κ2) is 5.44. The minimum absolute atomic E-state index is 0.0107. The number of hydrogen-bond acceptors (Lipinski definition) is 1. The SMILES string of the molecule is Cc1cccc(C(=O)P(Cl)c2ccccc2)c1. The van der Waals surface area contributed by atoms with Crippen LogP contribution in [0.1, 0.15) is 15.9 Å². The van der Waals surface area contributed by atoms with Gasteiger partial charge in [-0.1, -0.05) is 65.3 Å². The van der Waals surface area contributed by atoms with Gasteiger partial charge in [0.1, 0.15) is 0 Å². The summed E-state index contributed by atoms with van der Waals surface area (Å²) in [5.74, 6) is 0. The molecule has 0 bridgehead atoms. The van der Waals surface area contributed by atoms with Gasteiger partial charge in [-0.3, -0.25) is 4.79 Å². The number of aryl methyl sites for hydroxylation is 1. The lowest BCUT2D eigenvalue weighted by molar-refractivity contribution is 0.108. The van der Waals surface area contributed by atoms with Crippen molar-refractivity contribution in [3.05, 3.63) is 65.7 Å². The Kier molecular flexibility index (Phi) is 3.93. The van der Waals surface area contributed by atoms with Crippen molar-refractivity contribution in [2.45, 2.75) is 6.92 Å². The Morgan fingerprint density at radius 3 is 2.41 bits per heavy atom. The number of carbonyl (C=O) groups excluding carboxylic acids is 1. The zero-order chi connectivity index (χ0) is 12.3. The van der Waals surface area contributed by atoms with Crippen LogP contribution in [0, 0.1) is 6.92 Å². The van der Waals surface area contributed by atoms with E-state index in [-0.39, 0.29) is 5.52 Å². The molecule has 3 heteroatoms. The molecule has 0 heterocycles. The molecule has 0 radical (unpaired) electrons. The van der Waals surface area contributed by atoms with Crippen LogP contribution >= 0.6 is 18.5 Å². The minimum atomic E-state index is -1.29. The molecule has 0 N–H and O–H groups in total. The molecule has 0 aromatic heterocycles.